The summed E-state index contributed by atoms with van der Waals surface area (Å²) in [6.45, 7) is -0.488. The largest absolute Gasteiger partial charge is 0.484 e. The van der Waals surface area contributed by atoms with Crippen molar-refractivity contribution in [2.45, 2.75) is 6.42 Å². The third-order valence-electron chi connectivity index (χ3n) is 2.21. The van der Waals surface area contributed by atoms with Crippen LogP contribution in [-0.4, -0.2) is 45.3 Å². The maximum Gasteiger partial charge on any atom is 0.325 e. The average molecular weight is 289 g/mol. The van der Waals surface area contributed by atoms with E-state index in [0.717, 1.165) is 0 Å². The highest BCUT2D eigenvalue weighted by molar-refractivity contribution is 7.51. The van der Waals surface area contributed by atoms with Crippen molar-refractivity contribution in [3.8, 4) is 5.75 Å². The number of hydrogen-bond acceptors (Lipinski definition) is 4. The first-order valence-electron chi connectivity index (χ1n) is 5.60. The fraction of sp³-hybridized carbons (Fsp3) is 0.364. The molecule has 1 rings (SSSR count). The zero-order chi connectivity index (χ0) is 14.3. The molecule has 0 bridgehead atoms. The minimum absolute atomic E-state index is 0.0118. The van der Waals surface area contributed by atoms with Crippen LogP contribution in [-0.2, 0) is 9.36 Å². The molecule has 3 N–H and O–H groups in total. The van der Waals surface area contributed by atoms with Crippen LogP contribution in [0, 0.1) is 0 Å². The van der Waals surface area contributed by atoms with Gasteiger partial charge in [0.05, 0.1) is 6.16 Å². The predicted octanol–water partition coefficient (Wildman–Crippen LogP) is 0.851. The number of carbonyl (C=O) groups is 1. The molecule has 0 spiro atoms. The van der Waals surface area contributed by atoms with E-state index in [9.17, 15) is 14.6 Å². The van der Waals surface area contributed by atoms with E-state index in [1.807, 2.05) is 0 Å². The van der Waals surface area contributed by atoms with Gasteiger partial charge in [-0.3, -0.25) is 14.6 Å². The fourth-order valence-corrected chi connectivity index (χ4v) is 1.84. The van der Waals surface area contributed by atoms with Gasteiger partial charge in [-0.1, -0.05) is 18.2 Å². The molecule has 1 amide bonds. The summed E-state index contributed by atoms with van der Waals surface area (Å²) < 4.78 is 15.7. The lowest BCUT2D eigenvalue weighted by molar-refractivity contribution is -0.167. The Morgan fingerprint density at radius 1 is 1.26 bits per heavy atom. The Bertz CT molecular complexity index is 446. The Morgan fingerprint density at radius 2 is 1.89 bits per heavy atom. The van der Waals surface area contributed by atoms with Crippen LogP contribution in [0.5, 0.6) is 5.75 Å². The molecule has 0 aromatic heterocycles. The van der Waals surface area contributed by atoms with Crippen LogP contribution in [0.3, 0.4) is 0 Å². The van der Waals surface area contributed by atoms with E-state index in [2.05, 4.69) is 0 Å². The van der Waals surface area contributed by atoms with Gasteiger partial charge in [-0.15, -0.1) is 0 Å². The fourth-order valence-electron chi connectivity index (χ4n) is 1.29. The minimum Gasteiger partial charge on any atom is -0.484 e. The quantitative estimate of drug-likeness (QED) is 0.390. The zero-order valence-electron chi connectivity index (χ0n) is 10.2. The maximum absolute atomic E-state index is 11.4. The number of carbonyl (C=O) groups excluding carboxylic acids is 1. The summed E-state index contributed by atoms with van der Waals surface area (Å²) in [5.41, 5.74) is 0. The second-order valence-electron chi connectivity index (χ2n) is 3.86. The molecule has 0 aliphatic rings. The van der Waals surface area contributed by atoms with Crippen molar-refractivity contribution in [1.29, 1.82) is 0 Å². The molecule has 0 saturated heterocycles. The summed E-state index contributed by atoms with van der Waals surface area (Å²) in [7, 11) is -4.10. The highest BCUT2D eigenvalue weighted by atomic mass is 31.2. The van der Waals surface area contributed by atoms with Gasteiger partial charge in [0.15, 0.2) is 6.61 Å². The molecule has 0 atom stereocenters. The lowest BCUT2D eigenvalue weighted by atomic mass is 10.3. The van der Waals surface area contributed by atoms with Crippen LogP contribution in [0.1, 0.15) is 6.42 Å². The van der Waals surface area contributed by atoms with Crippen LogP contribution in [0.2, 0.25) is 0 Å². The monoisotopic (exact) mass is 289 g/mol. The Kier molecular flexibility index (Phi) is 5.98. The number of para-hydroxylation sites is 1. The smallest absolute Gasteiger partial charge is 0.325 e. The Labute approximate surface area is 110 Å². The molecule has 1 aromatic carbocycles. The first-order valence-corrected chi connectivity index (χ1v) is 7.40. The van der Waals surface area contributed by atoms with Gasteiger partial charge < -0.3 is 14.5 Å². The van der Waals surface area contributed by atoms with Crippen LogP contribution in [0.4, 0.5) is 0 Å². The summed E-state index contributed by atoms with van der Waals surface area (Å²) in [6.07, 6.45) is -0.366. The van der Waals surface area contributed by atoms with E-state index in [1.54, 1.807) is 30.3 Å². The van der Waals surface area contributed by atoms with Gasteiger partial charge in [0, 0.05) is 6.54 Å². The van der Waals surface area contributed by atoms with Gasteiger partial charge in [-0.25, -0.2) is 5.06 Å². The number of benzene rings is 1. The van der Waals surface area contributed by atoms with Gasteiger partial charge in [-0.05, 0) is 18.6 Å². The molecule has 0 fully saturated rings. The lowest BCUT2D eigenvalue weighted by Gasteiger charge is -2.15. The van der Waals surface area contributed by atoms with E-state index >= 15 is 0 Å². The molecule has 1 aromatic rings. The first kappa shape index (κ1) is 15.7. The zero-order valence-corrected chi connectivity index (χ0v) is 11.1. The van der Waals surface area contributed by atoms with Crippen LogP contribution in [0.15, 0.2) is 30.3 Å². The van der Waals surface area contributed by atoms with Gasteiger partial charge in [0.25, 0.3) is 5.91 Å². The van der Waals surface area contributed by atoms with Crippen LogP contribution in [0.25, 0.3) is 0 Å². The molecule has 0 heterocycles. The third-order valence-corrected chi connectivity index (χ3v) is 3.11. The van der Waals surface area contributed by atoms with E-state index in [0.29, 0.717) is 10.8 Å². The minimum atomic E-state index is -4.10. The predicted molar refractivity (Wildman–Crippen MR) is 67.0 cm³/mol. The standard InChI is InChI=1S/C11H16NO6P/c13-11(9-18-10-5-2-1-3-6-10)12(14)7-4-8-19(15,16)17/h1-3,5-6,14H,4,7-9H2,(H2,15,16,17). The van der Waals surface area contributed by atoms with E-state index in [1.165, 1.54) is 0 Å². The van der Waals surface area contributed by atoms with E-state index in [-0.39, 0.29) is 25.7 Å². The van der Waals surface area contributed by atoms with Crippen molar-refractivity contribution in [1.82, 2.24) is 5.06 Å². The van der Waals surface area contributed by atoms with Crippen molar-refractivity contribution in [2.24, 2.45) is 0 Å². The highest BCUT2D eigenvalue weighted by Gasteiger charge is 2.16. The van der Waals surface area contributed by atoms with Crippen molar-refractivity contribution in [3.63, 3.8) is 0 Å². The summed E-state index contributed by atoms with van der Waals surface area (Å²) in [5.74, 6) is -0.172. The second-order valence-corrected chi connectivity index (χ2v) is 5.64. The van der Waals surface area contributed by atoms with Gasteiger partial charge in [0.1, 0.15) is 5.75 Å². The van der Waals surface area contributed by atoms with Gasteiger partial charge in [-0.2, -0.15) is 0 Å². The van der Waals surface area contributed by atoms with E-state index in [4.69, 9.17) is 14.5 Å². The van der Waals surface area contributed by atoms with Crippen LogP contribution < -0.4 is 4.74 Å². The van der Waals surface area contributed by atoms with Crippen molar-refractivity contribution < 1.29 is 29.1 Å². The topological polar surface area (TPSA) is 107 Å². The van der Waals surface area contributed by atoms with E-state index < -0.39 is 13.5 Å². The molecule has 7 nitrogen and oxygen atoms in total. The Balaban J connectivity index is 2.27. The number of nitrogens with zero attached hydrogens (tertiary/aromatic N) is 1. The summed E-state index contributed by atoms with van der Waals surface area (Å²) in [5, 5.41) is 9.74. The molecular weight excluding hydrogens is 273 g/mol. The van der Waals surface area contributed by atoms with Crippen molar-refractivity contribution in [2.75, 3.05) is 19.3 Å². The summed E-state index contributed by atoms with van der Waals surface area (Å²) in [4.78, 5) is 28.7. The normalized spacial score (nSPS) is 11.1. The first-order chi connectivity index (χ1) is 8.88. The number of hydroxylamine groups is 2. The molecule has 8 heteroatoms. The molecule has 0 unspecified atom stereocenters. The summed E-state index contributed by atoms with van der Waals surface area (Å²) >= 11 is 0. The summed E-state index contributed by atoms with van der Waals surface area (Å²) in [6, 6.07) is 8.63. The molecule has 0 aliphatic heterocycles. The molecule has 0 aliphatic carbocycles. The number of rotatable bonds is 7. The molecule has 19 heavy (non-hydrogen) atoms. The van der Waals surface area contributed by atoms with Crippen LogP contribution >= 0.6 is 7.60 Å². The maximum atomic E-state index is 11.4. The molecule has 0 saturated carbocycles. The highest BCUT2D eigenvalue weighted by Crippen LogP contribution is 2.34. The molecular formula is C11H16NO6P. The number of amides is 1. The number of ether oxygens (including phenoxy) is 1. The van der Waals surface area contributed by atoms with Gasteiger partial charge in [0.2, 0.25) is 0 Å². The van der Waals surface area contributed by atoms with Gasteiger partial charge >= 0.3 is 7.60 Å². The lowest BCUT2D eigenvalue weighted by Crippen LogP contribution is -2.33. The Hall–Kier alpha value is -1.40. The molecule has 0 radical (unpaired) electrons. The van der Waals surface area contributed by atoms with Crippen molar-refractivity contribution in [3.05, 3.63) is 30.3 Å². The second kappa shape index (κ2) is 7.25. The molecule has 106 valence electrons. The Morgan fingerprint density at radius 3 is 2.47 bits per heavy atom. The number of hydrogen-bond donors (Lipinski definition) is 3. The van der Waals surface area contributed by atoms with Crippen molar-refractivity contribution >= 4 is 13.5 Å². The average Bonchev–Trinajstić information content (AvgIpc) is 2.35. The third kappa shape index (κ3) is 6.93. The SMILES string of the molecule is O=C(COc1ccccc1)N(O)CCCP(=O)(O)O.